The van der Waals surface area contributed by atoms with E-state index < -0.39 is 0 Å². The van der Waals surface area contributed by atoms with E-state index in [0.717, 1.165) is 24.1 Å². The number of aromatic nitrogens is 1. The zero-order valence-corrected chi connectivity index (χ0v) is 11.3. The summed E-state index contributed by atoms with van der Waals surface area (Å²) in [4.78, 5) is 6.82. The number of nitrogens with one attached hydrogen (secondary N) is 1. The van der Waals surface area contributed by atoms with Crippen LogP contribution in [0, 0.1) is 11.3 Å². The van der Waals surface area contributed by atoms with Crippen LogP contribution in [-0.4, -0.2) is 28.3 Å². The maximum absolute atomic E-state index is 7.63. The average molecular weight is 258 g/mol. The maximum Gasteiger partial charge on any atom is 0.142 e. The van der Waals surface area contributed by atoms with Crippen molar-refractivity contribution in [1.29, 1.82) is 5.41 Å². The van der Waals surface area contributed by atoms with Crippen molar-refractivity contribution in [3.05, 3.63) is 29.6 Å². The van der Waals surface area contributed by atoms with E-state index in [4.69, 9.17) is 11.1 Å². The standard InChI is InChI=1S/C15H22N4/c16-15(17)14-12(5-3-8-18-14)10-19-9-7-11-4-1-2-6-13(11)19/h3,5,8,11,13H,1-2,4,6-7,9-10H2,(H3,16,17). The average Bonchev–Trinajstić information content (AvgIpc) is 2.83. The summed E-state index contributed by atoms with van der Waals surface area (Å²) in [6.07, 6.45) is 8.55. The van der Waals surface area contributed by atoms with E-state index in [9.17, 15) is 0 Å². The third-order valence-electron chi connectivity index (χ3n) is 4.64. The lowest BCUT2D eigenvalue weighted by Crippen LogP contribution is -2.35. The summed E-state index contributed by atoms with van der Waals surface area (Å²) in [5, 5.41) is 7.63. The summed E-state index contributed by atoms with van der Waals surface area (Å²) in [7, 11) is 0. The van der Waals surface area contributed by atoms with Gasteiger partial charge in [0.1, 0.15) is 11.5 Å². The second kappa shape index (κ2) is 5.29. The van der Waals surface area contributed by atoms with Crippen molar-refractivity contribution in [3.8, 4) is 0 Å². The van der Waals surface area contributed by atoms with E-state index in [2.05, 4.69) is 16.0 Å². The summed E-state index contributed by atoms with van der Waals surface area (Å²) >= 11 is 0. The third-order valence-corrected chi connectivity index (χ3v) is 4.64. The molecule has 4 heteroatoms. The molecular weight excluding hydrogens is 236 g/mol. The summed E-state index contributed by atoms with van der Waals surface area (Å²) in [5.74, 6) is 0.973. The van der Waals surface area contributed by atoms with Gasteiger partial charge in [-0.1, -0.05) is 18.9 Å². The number of nitrogens with two attached hydrogens (primary N) is 1. The fourth-order valence-corrected chi connectivity index (χ4v) is 3.73. The van der Waals surface area contributed by atoms with Crippen LogP contribution in [0.4, 0.5) is 0 Å². The van der Waals surface area contributed by atoms with Crippen LogP contribution in [-0.2, 0) is 6.54 Å². The Bertz CT molecular complexity index is 471. The molecule has 1 aliphatic carbocycles. The Hall–Kier alpha value is -1.42. The van der Waals surface area contributed by atoms with Gasteiger partial charge < -0.3 is 5.73 Å². The quantitative estimate of drug-likeness (QED) is 0.645. The lowest BCUT2D eigenvalue weighted by Gasteiger charge is -2.32. The predicted molar refractivity (Wildman–Crippen MR) is 76.0 cm³/mol. The first-order valence-corrected chi connectivity index (χ1v) is 7.28. The van der Waals surface area contributed by atoms with Crippen LogP contribution in [0.25, 0.3) is 0 Å². The van der Waals surface area contributed by atoms with E-state index in [-0.39, 0.29) is 5.84 Å². The topological polar surface area (TPSA) is 66.0 Å². The Balaban J connectivity index is 1.76. The SMILES string of the molecule is N=C(N)c1ncccc1CN1CCC2CCCCC21. The highest BCUT2D eigenvalue weighted by molar-refractivity contribution is 5.94. The van der Waals surface area contributed by atoms with E-state index in [1.54, 1.807) is 6.20 Å². The Morgan fingerprint density at radius 1 is 1.37 bits per heavy atom. The van der Waals surface area contributed by atoms with E-state index >= 15 is 0 Å². The van der Waals surface area contributed by atoms with Crippen LogP contribution in [0.3, 0.4) is 0 Å². The fraction of sp³-hybridized carbons (Fsp3) is 0.600. The molecule has 4 nitrogen and oxygen atoms in total. The molecule has 1 aromatic rings. The Morgan fingerprint density at radius 2 is 2.21 bits per heavy atom. The number of nitrogen functional groups attached to an aromatic ring is 1. The molecule has 2 aliphatic rings. The van der Waals surface area contributed by atoms with Gasteiger partial charge in [-0.2, -0.15) is 0 Å². The molecule has 102 valence electrons. The summed E-state index contributed by atoms with van der Waals surface area (Å²) in [6.45, 7) is 2.07. The molecule has 1 saturated heterocycles. The number of hydrogen-bond donors (Lipinski definition) is 2. The van der Waals surface area contributed by atoms with Gasteiger partial charge in [-0.15, -0.1) is 0 Å². The minimum Gasteiger partial charge on any atom is -0.382 e. The number of rotatable bonds is 3. The zero-order chi connectivity index (χ0) is 13.2. The van der Waals surface area contributed by atoms with Crippen LogP contribution in [0.5, 0.6) is 0 Å². The molecule has 0 bridgehead atoms. The van der Waals surface area contributed by atoms with Gasteiger partial charge in [-0.05, 0) is 43.4 Å². The van der Waals surface area contributed by atoms with Gasteiger partial charge in [0, 0.05) is 18.8 Å². The number of pyridine rings is 1. The molecule has 3 N–H and O–H groups in total. The van der Waals surface area contributed by atoms with Crippen molar-refractivity contribution in [2.75, 3.05) is 6.54 Å². The Kier molecular flexibility index (Phi) is 3.51. The van der Waals surface area contributed by atoms with Crippen molar-refractivity contribution in [3.63, 3.8) is 0 Å². The van der Waals surface area contributed by atoms with Gasteiger partial charge in [0.25, 0.3) is 0 Å². The number of hydrogen-bond acceptors (Lipinski definition) is 3. The van der Waals surface area contributed by atoms with E-state index in [1.807, 2.05) is 6.07 Å². The van der Waals surface area contributed by atoms with Crippen LogP contribution in [0.2, 0.25) is 0 Å². The monoisotopic (exact) mass is 258 g/mol. The molecule has 1 aromatic heterocycles. The second-order valence-electron chi connectivity index (χ2n) is 5.80. The van der Waals surface area contributed by atoms with Crippen molar-refractivity contribution in [2.24, 2.45) is 11.7 Å². The Morgan fingerprint density at radius 3 is 3.05 bits per heavy atom. The molecule has 2 heterocycles. The van der Waals surface area contributed by atoms with Gasteiger partial charge >= 0.3 is 0 Å². The molecule has 0 aromatic carbocycles. The minimum atomic E-state index is 0.0787. The fourth-order valence-electron chi connectivity index (χ4n) is 3.73. The molecule has 2 fully saturated rings. The van der Waals surface area contributed by atoms with Gasteiger partial charge in [-0.3, -0.25) is 15.3 Å². The third kappa shape index (κ3) is 2.50. The molecule has 2 atom stereocenters. The second-order valence-corrected chi connectivity index (χ2v) is 5.80. The number of amidine groups is 1. The van der Waals surface area contributed by atoms with E-state index in [0.29, 0.717) is 5.69 Å². The van der Waals surface area contributed by atoms with Crippen molar-refractivity contribution >= 4 is 5.84 Å². The van der Waals surface area contributed by atoms with Crippen molar-refractivity contribution in [2.45, 2.75) is 44.7 Å². The highest BCUT2D eigenvalue weighted by Gasteiger charge is 2.35. The number of fused-ring (bicyclic) bond motifs is 1. The summed E-state index contributed by atoms with van der Waals surface area (Å²) < 4.78 is 0. The number of likely N-dealkylation sites (tertiary alicyclic amines) is 1. The molecule has 1 aliphatic heterocycles. The van der Waals surface area contributed by atoms with Crippen molar-refractivity contribution < 1.29 is 0 Å². The summed E-state index contributed by atoms with van der Waals surface area (Å²) in [5.41, 5.74) is 7.38. The van der Waals surface area contributed by atoms with Gasteiger partial charge in [0.05, 0.1) is 0 Å². The largest absolute Gasteiger partial charge is 0.382 e. The zero-order valence-electron chi connectivity index (χ0n) is 11.3. The highest BCUT2D eigenvalue weighted by atomic mass is 15.2. The highest BCUT2D eigenvalue weighted by Crippen LogP contribution is 2.36. The molecule has 19 heavy (non-hydrogen) atoms. The first-order valence-electron chi connectivity index (χ1n) is 7.28. The molecule has 3 rings (SSSR count). The first-order chi connectivity index (χ1) is 9.25. The maximum atomic E-state index is 7.63. The lowest BCUT2D eigenvalue weighted by molar-refractivity contribution is 0.175. The molecule has 1 saturated carbocycles. The normalized spacial score (nSPS) is 27.2. The van der Waals surface area contributed by atoms with Gasteiger partial charge in [0.2, 0.25) is 0 Å². The molecular formula is C15H22N4. The molecule has 2 unspecified atom stereocenters. The predicted octanol–water partition coefficient (Wildman–Crippen LogP) is 2.13. The van der Waals surface area contributed by atoms with Gasteiger partial charge in [0.15, 0.2) is 0 Å². The van der Waals surface area contributed by atoms with E-state index in [1.165, 1.54) is 38.6 Å². The minimum absolute atomic E-state index is 0.0787. The van der Waals surface area contributed by atoms with Crippen molar-refractivity contribution in [1.82, 2.24) is 9.88 Å². The molecule has 0 radical (unpaired) electrons. The van der Waals surface area contributed by atoms with Gasteiger partial charge in [-0.25, -0.2) is 0 Å². The van der Waals surface area contributed by atoms with Crippen LogP contribution >= 0.6 is 0 Å². The summed E-state index contributed by atoms with van der Waals surface area (Å²) in [6, 6.07) is 4.74. The molecule has 0 amide bonds. The van der Waals surface area contributed by atoms with Crippen LogP contribution in [0.15, 0.2) is 18.3 Å². The molecule has 0 spiro atoms. The Labute approximate surface area is 114 Å². The van der Waals surface area contributed by atoms with Crippen LogP contribution < -0.4 is 5.73 Å². The van der Waals surface area contributed by atoms with Crippen LogP contribution in [0.1, 0.15) is 43.4 Å². The number of nitrogens with zero attached hydrogens (tertiary/aromatic N) is 2. The smallest absolute Gasteiger partial charge is 0.142 e. The lowest BCUT2D eigenvalue weighted by atomic mass is 9.85. The first kappa shape index (κ1) is 12.6.